The molecule has 1 aliphatic rings. The monoisotopic (exact) mass is 473 g/mol. The lowest BCUT2D eigenvalue weighted by atomic mass is 10.2. The van der Waals surface area contributed by atoms with Crippen molar-refractivity contribution in [2.75, 3.05) is 25.1 Å². The molecule has 3 rings (SSSR count). The van der Waals surface area contributed by atoms with Crippen LogP contribution in [0.25, 0.3) is 0 Å². The number of amidine groups is 1. The lowest BCUT2D eigenvalue weighted by Gasteiger charge is -2.11. The van der Waals surface area contributed by atoms with E-state index in [0.29, 0.717) is 31.2 Å². The summed E-state index contributed by atoms with van der Waals surface area (Å²) in [6, 6.07) is 12.2. The van der Waals surface area contributed by atoms with E-state index < -0.39 is 28.5 Å². The number of aliphatic imine (C=N–C) groups is 1. The van der Waals surface area contributed by atoms with Crippen LogP contribution in [-0.2, 0) is 19.6 Å². The number of amides is 1. The molecule has 1 aliphatic heterocycles. The first-order valence-corrected chi connectivity index (χ1v) is 12.2. The number of esters is 1. The van der Waals surface area contributed by atoms with E-state index in [1.807, 2.05) is 6.92 Å². The first-order chi connectivity index (χ1) is 15.9. The highest BCUT2D eigenvalue weighted by atomic mass is 32.2. The molecule has 0 unspecified atom stereocenters. The first-order valence-electron chi connectivity index (χ1n) is 10.7. The molecule has 1 heterocycles. The third-order valence-electron chi connectivity index (χ3n) is 4.79. The van der Waals surface area contributed by atoms with Crippen molar-refractivity contribution >= 4 is 33.4 Å². The van der Waals surface area contributed by atoms with Gasteiger partial charge in [-0.1, -0.05) is 12.5 Å². The largest absolute Gasteiger partial charge is 0.494 e. The highest BCUT2D eigenvalue weighted by Crippen LogP contribution is 2.17. The van der Waals surface area contributed by atoms with Crippen molar-refractivity contribution in [3.8, 4) is 5.75 Å². The van der Waals surface area contributed by atoms with Crippen molar-refractivity contribution in [3.05, 3.63) is 54.1 Å². The van der Waals surface area contributed by atoms with Crippen LogP contribution in [0.3, 0.4) is 0 Å². The Bertz CT molecular complexity index is 1110. The van der Waals surface area contributed by atoms with Gasteiger partial charge in [-0.05, 0) is 62.2 Å². The van der Waals surface area contributed by atoms with Crippen LogP contribution in [0.5, 0.6) is 5.75 Å². The Balaban J connectivity index is 1.56. The van der Waals surface area contributed by atoms with Crippen molar-refractivity contribution in [1.29, 1.82) is 0 Å². The summed E-state index contributed by atoms with van der Waals surface area (Å²) in [5.74, 6) is -0.173. The molecule has 0 bridgehead atoms. The molecule has 33 heavy (non-hydrogen) atoms. The molecule has 0 aliphatic carbocycles. The fraction of sp³-hybridized carbons (Fsp3) is 0.348. The highest BCUT2D eigenvalue weighted by molar-refractivity contribution is 7.90. The van der Waals surface area contributed by atoms with Gasteiger partial charge < -0.3 is 14.8 Å². The molecule has 0 fully saturated rings. The number of rotatable bonds is 8. The third kappa shape index (κ3) is 7.31. The second-order valence-electron chi connectivity index (χ2n) is 7.35. The van der Waals surface area contributed by atoms with Gasteiger partial charge >= 0.3 is 5.97 Å². The van der Waals surface area contributed by atoms with E-state index in [9.17, 15) is 18.0 Å². The standard InChI is InChI=1S/C23H27N3O6S/c1-2-31-19-12-10-17(11-13-19)23(28)32-16-22(27)25-18-7-6-8-20(15-18)33(29,30)26-21-9-4-3-5-14-24-21/h6-8,10-13,15H,2-5,9,14,16H2,1H3,(H,24,26)(H,25,27). The van der Waals surface area contributed by atoms with Crippen molar-refractivity contribution in [3.63, 3.8) is 0 Å². The molecule has 0 aromatic heterocycles. The molecule has 0 saturated carbocycles. The van der Waals surface area contributed by atoms with Gasteiger partial charge in [0, 0.05) is 18.7 Å². The summed E-state index contributed by atoms with van der Waals surface area (Å²) in [5, 5.41) is 2.54. The summed E-state index contributed by atoms with van der Waals surface area (Å²) < 4.78 is 38.3. The van der Waals surface area contributed by atoms with E-state index in [-0.39, 0.29) is 16.1 Å². The molecule has 9 nitrogen and oxygen atoms in total. The summed E-state index contributed by atoms with van der Waals surface area (Å²) in [4.78, 5) is 28.6. The molecular weight excluding hydrogens is 446 g/mol. The zero-order valence-electron chi connectivity index (χ0n) is 18.4. The van der Waals surface area contributed by atoms with Crippen molar-refractivity contribution in [2.45, 2.75) is 37.5 Å². The zero-order chi connectivity index (χ0) is 23.7. The minimum Gasteiger partial charge on any atom is -0.494 e. The maximum Gasteiger partial charge on any atom is 0.338 e. The Morgan fingerprint density at radius 3 is 2.61 bits per heavy atom. The topological polar surface area (TPSA) is 123 Å². The molecule has 10 heteroatoms. The number of sulfonamides is 1. The molecule has 2 aromatic rings. The summed E-state index contributed by atoms with van der Waals surface area (Å²) >= 11 is 0. The van der Waals surface area contributed by atoms with Crippen LogP contribution in [0.15, 0.2) is 58.4 Å². The average molecular weight is 474 g/mol. The SMILES string of the molecule is CCOc1ccc(C(=O)OCC(=O)Nc2cccc(S(=O)(=O)NC3=NCCCCC3)c2)cc1. The van der Waals surface area contributed by atoms with Crippen LogP contribution < -0.4 is 14.8 Å². The first kappa shape index (κ1) is 24.2. The molecule has 176 valence electrons. The lowest BCUT2D eigenvalue weighted by Crippen LogP contribution is -2.30. The van der Waals surface area contributed by atoms with Crippen LogP contribution in [0.4, 0.5) is 5.69 Å². The zero-order valence-corrected chi connectivity index (χ0v) is 19.2. The molecular formula is C23H27N3O6S. The number of hydrogen-bond acceptors (Lipinski definition) is 7. The van der Waals surface area contributed by atoms with E-state index in [4.69, 9.17) is 9.47 Å². The Morgan fingerprint density at radius 1 is 1.06 bits per heavy atom. The lowest BCUT2D eigenvalue weighted by molar-refractivity contribution is -0.119. The van der Waals surface area contributed by atoms with Crippen LogP contribution in [-0.4, -0.2) is 45.9 Å². The Kier molecular flexibility index (Phi) is 8.42. The van der Waals surface area contributed by atoms with E-state index in [1.165, 1.54) is 18.2 Å². The van der Waals surface area contributed by atoms with Crippen LogP contribution in [0, 0.1) is 0 Å². The summed E-state index contributed by atoms with van der Waals surface area (Å²) in [6.45, 7) is 2.45. The second kappa shape index (κ2) is 11.5. The minimum atomic E-state index is -3.83. The number of anilines is 1. The van der Waals surface area contributed by atoms with Gasteiger partial charge in [-0.3, -0.25) is 14.5 Å². The normalized spacial score (nSPS) is 13.9. The van der Waals surface area contributed by atoms with Gasteiger partial charge in [0.1, 0.15) is 11.6 Å². The number of carbonyl (C=O) groups excluding carboxylic acids is 2. The Labute approximate surface area is 193 Å². The molecule has 0 spiro atoms. The van der Waals surface area contributed by atoms with Crippen molar-refractivity contribution in [2.24, 2.45) is 4.99 Å². The molecule has 2 aromatic carbocycles. The van der Waals surface area contributed by atoms with Gasteiger partial charge in [-0.25, -0.2) is 13.2 Å². The number of benzene rings is 2. The average Bonchev–Trinajstić information content (AvgIpc) is 3.06. The van der Waals surface area contributed by atoms with Gasteiger partial charge in [-0.15, -0.1) is 0 Å². The minimum absolute atomic E-state index is 0.00127. The second-order valence-corrected chi connectivity index (χ2v) is 9.04. The van der Waals surface area contributed by atoms with Gasteiger partial charge in [0.15, 0.2) is 6.61 Å². The molecule has 0 atom stereocenters. The fourth-order valence-electron chi connectivity index (χ4n) is 3.18. The van der Waals surface area contributed by atoms with E-state index in [0.717, 1.165) is 19.3 Å². The number of carbonyl (C=O) groups is 2. The van der Waals surface area contributed by atoms with Crippen molar-refractivity contribution < 1.29 is 27.5 Å². The number of ether oxygens (including phenoxy) is 2. The van der Waals surface area contributed by atoms with Gasteiger partial charge in [0.25, 0.3) is 15.9 Å². The van der Waals surface area contributed by atoms with Gasteiger partial charge in [0.05, 0.1) is 17.1 Å². The predicted molar refractivity (Wildman–Crippen MR) is 124 cm³/mol. The van der Waals surface area contributed by atoms with Crippen LogP contribution in [0.2, 0.25) is 0 Å². The van der Waals surface area contributed by atoms with Crippen LogP contribution in [0.1, 0.15) is 43.0 Å². The maximum atomic E-state index is 12.7. The summed E-state index contributed by atoms with van der Waals surface area (Å²) in [6.07, 6.45) is 3.41. The fourth-order valence-corrected chi connectivity index (χ4v) is 4.31. The molecule has 0 saturated heterocycles. The molecule has 2 N–H and O–H groups in total. The van der Waals surface area contributed by atoms with Crippen molar-refractivity contribution in [1.82, 2.24) is 4.72 Å². The predicted octanol–water partition coefficient (Wildman–Crippen LogP) is 3.13. The molecule has 1 amide bonds. The van der Waals surface area contributed by atoms with Gasteiger partial charge in [0.2, 0.25) is 0 Å². The Morgan fingerprint density at radius 2 is 1.85 bits per heavy atom. The highest BCUT2D eigenvalue weighted by Gasteiger charge is 2.18. The van der Waals surface area contributed by atoms with Gasteiger partial charge in [-0.2, -0.15) is 0 Å². The maximum absolute atomic E-state index is 12.7. The third-order valence-corrected chi connectivity index (χ3v) is 6.17. The van der Waals surface area contributed by atoms with E-state index >= 15 is 0 Å². The number of nitrogens with one attached hydrogen (secondary N) is 2. The Hall–Kier alpha value is -3.40. The molecule has 0 radical (unpaired) electrons. The number of hydrogen-bond donors (Lipinski definition) is 2. The number of nitrogens with zero attached hydrogens (tertiary/aromatic N) is 1. The summed E-state index contributed by atoms with van der Waals surface area (Å²) in [7, 11) is -3.83. The quantitative estimate of drug-likeness (QED) is 0.568. The van der Waals surface area contributed by atoms with E-state index in [1.54, 1.807) is 30.3 Å². The van der Waals surface area contributed by atoms with E-state index in [2.05, 4.69) is 15.0 Å². The smallest absolute Gasteiger partial charge is 0.338 e. The van der Waals surface area contributed by atoms with Crippen LogP contribution >= 0.6 is 0 Å². The summed E-state index contributed by atoms with van der Waals surface area (Å²) in [5.41, 5.74) is 0.551.